The molecule has 3 nitrogen and oxygen atoms in total. The fraction of sp³-hybridized carbons (Fsp3) is 0.417. The van der Waals surface area contributed by atoms with Crippen molar-refractivity contribution in [1.29, 1.82) is 0 Å². The summed E-state index contributed by atoms with van der Waals surface area (Å²) in [6.45, 7) is 2.02. The van der Waals surface area contributed by atoms with E-state index >= 15 is 0 Å². The second-order valence-corrected chi connectivity index (χ2v) is 4.26. The molecule has 5 heteroatoms. The summed E-state index contributed by atoms with van der Waals surface area (Å²) in [5.41, 5.74) is -0.183. The van der Waals surface area contributed by atoms with Gasteiger partial charge in [-0.1, -0.05) is 0 Å². The topological polar surface area (TPSA) is 32.3 Å². The molecule has 1 aliphatic rings. The minimum absolute atomic E-state index is 0.183. The second-order valence-electron chi connectivity index (χ2n) is 4.26. The predicted octanol–water partition coefficient (Wildman–Crippen LogP) is 1.05. The Bertz CT molecular complexity index is 437. The van der Waals surface area contributed by atoms with Gasteiger partial charge in [0.15, 0.2) is 5.78 Å². The number of Topliss-reactive ketones (excluding diaryl/α,β-unsaturated/α-hetero) is 1. The third kappa shape index (κ3) is 2.68. The Kier molecular flexibility index (Phi) is 3.49. The van der Waals surface area contributed by atoms with Crippen molar-refractivity contribution in [3.63, 3.8) is 0 Å². The van der Waals surface area contributed by atoms with Crippen LogP contribution >= 0.6 is 0 Å². The highest BCUT2D eigenvalue weighted by Gasteiger charge is 2.26. The standard InChI is InChI=1S/C12H14F2N2O/c1-16-5-4-15-11(7-16)12(17)9-6-8(13)2-3-10(9)14/h2-3,6,11,15H,4-5,7H2,1H3. The number of hydrogen-bond donors (Lipinski definition) is 1. The first kappa shape index (κ1) is 12.1. The molecule has 0 aliphatic carbocycles. The molecule has 0 aromatic heterocycles. The van der Waals surface area contributed by atoms with Gasteiger partial charge in [-0.15, -0.1) is 0 Å². The van der Waals surface area contributed by atoms with Gasteiger partial charge in [0.1, 0.15) is 11.6 Å². The summed E-state index contributed by atoms with van der Waals surface area (Å²) < 4.78 is 26.4. The Balaban J connectivity index is 2.21. The van der Waals surface area contributed by atoms with E-state index in [1.807, 2.05) is 11.9 Å². The molecule has 1 N–H and O–H groups in total. The van der Waals surface area contributed by atoms with Crippen molar-refractivity contribution in [1.82, 2.24) is 10.2 Å². The van der Waals surface area contributed by atoms with Crippen molar-refractivity contribution in [2.45, 2.75) is 6.04 Å². The van der Waals surface area contributed by atoms with Gasteiger partial charge in [-0.05, 0) is 25.2 Å². The number of ketones is 1. The molecule has 2 rings (SSSR count). The van der Waals surface area contributed by atoms with Crippen LogP contribution in [-0.2, 0) is 0 Å². The molecule has 1 aromatic rings. The zero-order valence-electron chi connectivity index (χ0n) is 9.54. The molecule has 1 saturated heterocycles. The number of benzene rings is 1. The number of nitrogens with zero attached hydrogens (tertiary/aromatic N) is 1. The third-order valence-corrected chi connectivity index (χ3v) is 2.89. The molecule has 1 unspecified atom stereocenters. The monoisotopic (exact) mass is 240 g/mol. The lowest BCUT2D eigenvalue weighted by molar-refractivity contribution is 0.0889. The van der Waals surface area contributed by atoms with Gasteiger partial charge in [0.05, 0.1) is 11.6 Å². The average Bonchev–Trinajstić information content (AvgIpc) is 2.31. The third-order valence-electron chi connectivity index (χ3n) is 2.89. The van der Waals surface area contributed by atoms with Crippen LogP contribution in [0.4, 0.5) is 8.78 Å². The van der Waals surface area contributed by atoms with E-state index in [1.165, 1.54) is 0 Å². The number of carbonyl (C=O) groups excluding carboxylic acids is 1. The van der Waals surface area contributed by atoms with Crippen LogP contribution in [0.2, 0.25) is 0 Å². The van der Waals surface area contributed by atoms with E-state index in [2.05, 4.69) is 5.32 Å². The second kappa shape index (κ2) is 4.89. The fourth-order valence-electron chi connectivity index (χ4n) is 1.95. The van der Waals surface area contributed by atoms with Gasteiger partial charge < -0.3 is 10.2 Å². The van der Waals surface area contributed by atoms with Gasteiger partial charge >= 0.3 is 0 Å². The zero-order chi connectivity index (χ0) is 12.4. The summed E-state index contributed by atoms with van der Waals surface area (Å²) in [5, 5.41) is 3.01. The number of hydrogen-bond acceptors (Lipinski definition) is 3. The van der Waals surface area contributed by atoms with Crippen molar-refractivity contribution in [3.05, 3.63) is 35.4 Å². The highest BCUT2D eigenvalue weighted by molar-refractivity contribution is 6.00. The molecular weight excluding hydrogens is 226 g/mol. The van der Waals surface area contributed by atoms with E-state index in [9.17, 15) is 13.6 Å². The fourth-order valence-corrected chi connectivity index (χ4v) is 1.95. The van der Waals surface area contributed by atoms with E-state index in [0.717, 1.165) is 24.7 Å². The number of nitrogens with one attached hydrogen (secondary N) is 1. The van der Waals surface area contributed by atoms with Crippen molar-refractivity contribution < 1.29 is 13.6 Å². The SMILES string of the molecule is CN1CCNC(C(=O)c2cc(F)ccc2F)C1. The van der Waals surface area contributed by atoms with E-state index in [1.54, 1.807) is 0 Å². The van der Waals surface area contributed by atoms with Gasteiger partial charge in [-0.2, -0.15) is 0 Å². The van der Waals surface area contributed by atoms with Crippen LogP contribution < -0.4 is 5.32 Å². The lowest BCUT2D eigenvalue weighted by atomic mass is 10.0. The molecule has 0 saturated carbocycles. The first-order valence-corrected chi connectivity index (χ1v) is 5.49. The highest BCUT2D eigenvalue weighted by atomic mass is 19.1. The molecule has 1 aliphatic heterocycles. The number of likely N-dealkylation sites (N-methyl/N-ethyl adjacent to an activating group) is 1. The molecular formula is C12H14F2N2O. The molecule has 0 radical (unpaired) electrons. The molecule has 1 atom stereocenters. The van der Waals surface area contributed by atoms with Crippen molar-refractivity contribution in [3.8, 4) is 0 Å². The van der Waals surface area contributed by atoms with Crippen molar-refractivity contribution in [2.75, 3.05) is 26.7 Å². The van der Waals surface area contributed by atoms with E-state index in [-0.39, 0.29) is 5.56 Å². The summed E-state index contributed by atoms with van der Waals surface area (Å²) in [7, 11) is 1.89. The number of carbonyl (C=O) groups is 1. The Morgan fingerprint density at radius 3 is 2.94 bits per heavy atom. The molecule has 0 spiro atoms. The van der Waals surface area contributed by atoms with Crippen LogP contribution in [0, 0.1) is 11.6 Å². The van der Waals surface area contributed by atoms with Crippen LogP contribution in [0.1, 0.15) is 10.4 Å². The van der Waals surface area contributed by atoms with Crippen LogP contribution in [0.25, 0.3) is 0 Å². The van der Waals surface area contributed by atoms with Crippen molar-refractivity contribution in [2.24, 2.45) is 0 Å². The van der Waals surface area contributed by atoms with Crippen LogP contribution in [0.5, 0.6) is 0 Å². The maximum Gasteiger partial charge on any atom is 0.184 e. The molecule has 1 fully saturated rings. The molecule has 1 aromatic carbocycles. The molecule has 0 bridgehead atoms. The summed E-state index contributed by atoms with van der Waals surface area (Å²) in [6.07, 6.45) is 0. The molecule has 0 amide bonds. The first-order chi connectivity index (χ1) is 8.08. The van der Waals surface area contributed by atoms with Gasteiger partial charge in [-0.3, -0.25) is 4.79 Å². The van der Waals surface area contributed by atoms with Gasteiger partial charge in [0.25, 0.3) is 0 Å². The largest absolute Gasteiger partial charge is 0.305 e. The average molecular weight is 240 g/mol. The van der Waals surface area contributed by atoms with Crippen molar-refractivity contribution >= 4 is 5.78 Å². The Hall–Kier alpha value is -1.33. The molecule has 1 heterocycles. The maximum atomic E-state index is 13.4. The maximum absolute atomic E-state index is 13.4. The normalized spacial score (nSPS) is 21.5. The number of piperazine rings is 1. The van der Waals surface area contributed by atoms with E-state index in [0.29, 0.717) is 13.1 Å². The zero-order valence-corrected chi connectivity index (χ0v) is 9.54. The Morgan fingerprint density at radius 1 is 1.47 bits per heavy atom. The highest BCUT2D eigenvalue weighted by Crippen LogP contribution is 2.13. The van der Waals surface area contributed by atoms with E-state index < -0.39 is 23.5 Å². The summed E-state index contributed by atoms with van der Waals surface area (Å²) >= 11 is 0. The van der Waals surface area contributed by atoms with Crippen LogP contribution in [0.3, 0.4) is 0 Å². The number of halogens is 2. The summed E-state index contributed by atoms with van der Waals surface area (Å²) in [5.74, 6) is -1.67. The van der Waals surface area contributed by atoms with Crippen LogP contribution in [-0.4, -0.2) is 43.4 Å². The Morgan fingerprint density at radius 2 is 2.24 bits per heavy atom. The lowest BCUT2D eigenvalue weighted by Crippen LogP contribution is -2.52. The summed E-state index contributed by atoms with van der Waals surface area (Å²) in [6, 6.07) is 2.47. The van der Waals surface area contributed by atoms with Gasteiger partial charge in [0, 0.05) is 19.6 Å². The summed E-state index contributed by atoms with van der Waals surface area (Å²) in [4.78, 5) is 14.0. The van der Waals surface area contributed by atoms with Crippen LogP contribution in [0.15, 0.2) is 18.2 Å². The predicted molar refractivity (Wildman–Crippen MR) is 60.0 cm³/mol. The molecule has 92 valence electrons. The smallest absolute Gasteiger partial charge is 0.184 e. The number of rotatable bonds is 2. The molecule has 17 heavy (non-hydrogen) atoms. The minimum Gasteiger partial charge on any atom is -0.305 e. The first-order valence-electron chi connectivity index (χ1n) is 5.49. The minimum atomic E-state index is -0.675. The van der Waals surface area contributed by atoms with Gasteiger partial charge in [0.2, 0.25) is 0 Å². The van der Waals surface area contributed by atoms with E-state index in [4.69, 9.17) is 0 Å². The lowest BCUT2D eigenvalue weighted by Gasteiger charge is -2.29. The quantitative estimate of drug-likeness (QED) is 0.784. The Labute approximate surface area is 98.4 Å². The van der Waals surface area contributed by atoms with Gasteiger partial charge in [-0.25, -0.2) is 8.78 Å².